The van der Waals surface area contributed by atoms with Gasteiger partial charge in [-0.3, -0.25) is 4.79 Å². The van der Waals surface area contributed by atoms with Crippen LogP contribution in [0.4, 0.5) is 5.82 Å². The number of carbonyl (C=O) groups is 2. The Bertz CT molecular complexity index is 466. The molecule has 102 valence electrons. The summed E-state index contributed by atoms with van der Waals surface area (Å²) in [6, 6.07) is 0.167. The first-order chi connectivity index (χ1) is 9.06. The summed E-state index contributed by atoms with van der Waals surface area (Å²) >= 11 is 0. The third kappa shape index (κ3) is 3.40. The number of nitrogens with one attached hydrogen (secondary N) is 1. The van der Waals surface area contributed by atoms with Crippen molar-refractivity contribution in [2.75, 3.05) is 5.32 Å². The van der Waals surface area contributed by atoms with Crippen LogP contribution < -0.4 is 5.32 Å². The van der Waals surface area contributed by atoms with Gasteiger partial charge < -0.3 is 15.5 Å². The summed E-state index contributed by atoms with van der Waals surface area (Å²) in [5, 5.41) is 20.7. The third-order valence-corrected chi connectivity index (χ3v) is 3.30. The summed E-state index contributed by atoms with van der Waals surface area (Å²) in [6.45, 7) is 0. The van der Waals surface area contributed by atoms with Gasteiger partial charge in [0.15, 0.2) is 5.69 Å². The normalized spacial score (nSPS) is 22.7. The second-order valence-electron chi connectivity index (χ2n) is 4.62. The molecule has 7 heteroatoms. The van der Waals surface area contributed by atoms with E-state index >= 15 is 0 Å². The van der Waals surface area contributed by atoms with Gasteiger partial charge in [0.25, 0.3) is 0 Å². The van der Waals surface area contributed by atoms with Crippen LogP contribution in [0.15, 0.2) is 12.4 Å². The molecule has 1 aliphatic rings. The number of aromatic nitrogens is 2. The topological polar surface area (TPSA) is 112 Å². The molecule has 0 atom stereocenters. The predicted molar refractivity (Wildman–Crippen MR) is 66.0 cm³/mol. The van der Waals surface area contributed by atoms with Gasteiger partial charge in [-0.15, -0.1) is 0 Å². The summed E-state index contributed by atoms with van der Waals surface area (Å²) in [6.07, 6.45) is 5.40. The lowest BCUT2D eigenvalue weighted by Gasteiger charge is -2.27. The van der Waals surface area contributed by atoms with Gasteiger partial charge in [0.2, 0.25) is 0 Å². The van der Waals surface area contributed by atoms with Crippen molar-refractivity contribution in [3.05, 3.63) is 18.1 Å². The van der Waals surface area contributed by atoms with Gasteiger partial charge in [0.1, 0.15) is 5.82 Å². The van der Waals surface area contributed by atoms with Crippen LogP contribution in [0.3, 0.4) is 0 Å². The van der Waals surface area contributed by atoms with E-state index in [2.05, 4.69) is 15.3 Å². The highest BCUT2D eigenvalue weighted by Crippen LogP contribution is 2.26. The Morgan fingerprint density at radius 2 is 1.79 bits per heavy atom. The van der Waals surface area contributed by atoms with E-state index in [1.165, 1.54) is 12.4 Å². The van der Waals surface area contributed by atoms with Crippen LogP contribution in [0.25, 0.3) is 0 Å². The fourth-order valence-corrected chi connectivity index (χ4v) is 2.21. The largest absolute Gasteiger partial charge is 0.481 e. The minimum absolute atomic E-state index is 0.0971. The molecule has 1 heterocycles. The molecule has 2 rings (SSSR count). The number of carboxylic acids is 2. The Kier molecular flexibility index (Phi) is 3.94. The molecule has 0 amide bonds. The molecule has 0 aliphatic heterocycles. The van der Waals surface area contributed by atoms with Crippen LogP contribution in [0.2, 0.25) is 0 Å². The van der Waals surface area contributed by atoms with Crippen molar-refractivity contribution in [3.63, 3.8) is 0 Å². The fourth-order valence-electron chi connectivity index (χ4n) is 2.21. The highest BCUT2D eigenvalue weighted by Gasteiger charge is 2.25. The molecule has 7 nitrogen and oxygen atoms in total. The SMILES string of the molecule is O=C(O)c1cnc(NC2CCC(C(=O)O)CC2)cn1. The minimum Gasteiger partial charge on any atom is -0.481 e. The molecule has 0 spiro atoms. The van der Waals surface area contributed by atoms with Gasteiger partial charge in [-0.05, 0) is 25.7 Å². The molecule has 0 bridgehead atoms. The molecule has 19 heavy (non-hydrogen) atoms. The monoisotopic (exact) mass is 265 g/mol. The van der Waals surface area contributed by atoms with Gasteiger partial charge in [-0.1, -0.05) is 0 Å². The Morgan fingerprint density at radius 1 is 1.11 bits per heavy atom. The highest BCUT2D eigenvalue weighted by molar-refractivity contribution is 5.84. The van der Waals surface area contributed by atoms with Gasteiger partial charge >= 0.3 is 11.9 Å². The van der Waals surface area contributed by atoms with Crippen LogP contribution in [-0.4, -0.2) is 38.2 Å². The van der Waals surface area contributed by atoms with Gasteiger partial charge in [0, 0.05) is 6.04 Å². The van der Waals surface area contributed by atoms with E-state index in [1.807, 2.05) is 0 Å². The molecule has 1 fully saturated rings. The molecule has 1 aromatic rings. The second-order valence-corrected chi connectivity index (χ2v) is 4.62. The van der Waals surface area contributed by atoms with Crippen LogP contribution in [-0.2, 0) is 4.79 Å². The Morgan fingerprint density at radius 3 is 2.26 bits per heavy atom. The van der Waals surface area contributed by atoms with Crippen LogP contribution in [0, 0.1) is 5.92 Å². The summed E-state index contributed by atoms with van der Waals surface area (Å²) in [7, 11) is 0. The first-order valence-electron chi connectivity index (χ1n) is 6.11. The van der Waals surface area contributed by atoms with E-state index in [4.69, 9.17) is 10.2 Å². The standard InChI is InChI=1S/C12H15N3O4/c16-11(17)7-1-3-8(4-2-7)15-10-6-13-9(5-14-10)12(18)19/h5-8H,1-4H2,(H,14,15)(H,16,17)(H,18,19). The van der Waals surface area contributed by atoms with Crippen molar-refractivity contribution in [2.24, 2.45) is 5.92 Å². The number of hydrogen-bond acceptors (Lipinski definition) is 5. The number of anilines is 1. The van der Waals surface area contributed by atoms with Crippen molar-refractivity contribution in [1.29, 1.82) is 0 Å². The van der Waals surface area contributed by atoms with Gasteiger partial charge in [-0.25, -0.2) is 14.8 Å². The zero-order valence-corrected chi connectivity index (χ0v) is 10.2. The Balaban J connectivity index is 1.88. The van der Waals surface area contributed by atoms with E-state index < -0.39 is 11.9 Å². The molecular formula is C12H15N3O4. The van der Waals surface area contributed by atoms with Crippen molar-refractivity contribution >= 4 is 17.8 Å². The van der Waals surface area contributed by atoms with Crippen molar-refractivity contribution in [1.82, 2.24) is 9.97 Å². The smallest absolute Gasteiger partial charge is 0.356 e. The van der Waals surface area contributed by atoms with Gasteiger partial charge in [-0.2, -0.15) is 0 Å². The minimum atomic E-state index is -1.11. The summed E-state index contributed by atoms with van der Waals surface area (Å²) in [5.74, 6) is -1.58. The average Bonchev–Trinajstić information content (AvgIpc) is 2.40. The van der Waals surface area contributed by atoms with E-state index in [0.29, 0.717) is 18.7 Å². The number of hydrogen-bond donors (Lipinski definition) is 3. The second kappa shape index (κ2) is 5.64. The van der Waals surface area contributed by atoms with Crippen molar-refractivity contribution < 1.29 is 19.8 Å². The molecule has 0 aromatic carbocycles. The molecule has 0 saturated heterocycles. The number of carboxylic acid groups (broad SMARTS) is 2. The molecule has 0 unspecified atom stereocenters. The predicted octanol–water partition coefficient (Wildman–Crippen LogP) is 1.23. The first kappa shape index (κ1) is 13.3. The summed E-state index contributed by atoms with van der Waals surface area (Å²) in [4.78, 5) is 29.2. The first-order valence-corrected chi connectivity index (χ1v) is 6.11. The Hall–Kier alpha value is -2.18. The number of aromatic carboxylic acids is 1. The van der Waals surface area contributed by atoms with Crippen LogP contribution in [0.1, 0.15) is 36.2 Å². The number of rotatable bonds is 4. The highest BCUT2D eigenvalue weighted by atomic mass is 16.4. The summed E-state index contributed by atoms with van der Waals surface area (Å²) in [5.41, 5.74) is -0.0971. The third-order valence-electron chi connectivity index (χ3n) is 3.30. The van der Waals surface area contributed by atoms with E-state index in [0.717, 1.165) is 12.8 Å². The van der Waals surface area contributed by atoms with Crippen LogP contribution >= 0.6 is 0 Å². The number of aliphatic carboxylic acids is 1. The lowest BCUT2D eigenvalue weighted by Crippen LogP contribution is -2.29. The van der Waals surface area contributed by atoms with Crippen molar-refractivity contribution in [2.45, 2.75) is 31.7 Å². The van der Waals surface area contributed by atoms with Gasteiger partial charge in [0.05, 0.1) is 18.3 Å². The maximum Gasteiger partial charge on any atom is 0.356 e. The molecule has 1 saturated carbocycles. The molecule has 3 N–H and O–H groups in total. The lowest BCUT2D eigenvalue weighted by atomic mass is 9.86. The summed E-state index contributed by atoms with van der Waals surface area (Å²) < 4.78 is 0. The molecular weight excluding hydrogens is 250 g/mol. The van der Waals surface area contributed by atoms with E-state index in [-0.39, 0.29) is 17.7 Å². The van der Waals surface area contributed by atoms with Crippen LogP contribution in [0.5, 0.6) is 0 Å². The fraction of sp³-hybridized carbons (Fsp3) is 0.500. The zero-order chi connectivity index (χ0) is 13.8. The maximum atomic E-state index is 10.8. The van der Waals surface area contributed by atoms with Crippen molar-refractivity contribution in [3.8, 4) is 0 Å². The number of nitrogens with zero attached hydrogens (tertiary/aromatic N) is 2. The molecule has 1 aliphatic carbocycles. The van der Waals surface area contributed by atoms with E-state index in [9.17, 15) is 9.59 Å². The Labute approximate surface area is 109 Å². The maximum absolute atomic E-state index is 10.8. The molecule has 0 radical (unpaired) electrons. The molecule has 1 aromatic heterocycles. The zero-order valence-electron chi connectivity index (χ0n) is 10.2. The quantitative estimate of drug-likeness (QED) is 0.750. The lowest BCUT2D eigenvalue weighted by molar-refractivity contribution is -0.142. The average molecular weight is 265 g/mol. The van der Waals surface area contributed by atoms with E-state index in [1.54, 1.807) is 0 Å².